The SMILES string of the molecule is COC(=O)c1cc2c([nH]c3ccccc32)c(C(=O)N(N)c2ccc(F)cc2F)n1. The predicted octanol–water partition coefficient (Wildman–Crippen LogP) is 3.30. The largest absolute Gasteiger partial charge is 0.464 e. The molecule has 2 aromatic heterocycles. The van der Waals surface area contributed by atoms with E-state index < -0.39 is 23.5 Å². The molecule has 7 nitrogen and oxygen atoms in total. The molecule has 0 saturated heterocycles. The molecule has 2 aromatic carbocycles. The number of aromatic nitrogens is 2. The van der Waals surface area contributed by atoms with Crippen molar-refractivity contribution in [1.29, 1.82) is 0 Å². The van der Waals surface area contributed by atoms with Crippen LogP contribution in [0.4, 0.5) is 14.5 Å². The van der Waals surface area contributed by atoms with Crippen molar-refractivity contribution < 1.29 is 23.1 Å². The lowest BCUT2D eigenvalue weighted by atomic mass is 10.1. The second-order valence-corrected chi connectivity index (χ2v) is 6.21. The van der Waals surface area contributed by atoms with E-state index in [4.69, 9.17) is 10.6 Å². The Hall–Kier alpha value is -3.85. The number of aromatic amines is 1. The Bertz CT molecular complexity index is 1290. The number of carbonyl (C=O) groups is 2. The van der Waals surface area contributed by atoms with Crippen LogP contribution in [0.15, 0.2) is 48.5 Å². The third-order valence-corrected chi connectivity index (χ3v) is 4.48. The number of fused-ring (bicyclic) bond motifs is 3. The molecule has 0 spiro atoms. The van der Waals surface area contributed by atoms with Gasteiger partial charge in [-0.1, -0.05) is 18.2 Å². The Morgan fingerprint density at radius 2 is 1.86 bits per heavy atom. The number of pyridine rings is 1. The van der Waals surface area contributed by atoms with Crippen LogP contribution >= 0.6 is 0 Å². The number of nitrogens with one attached hydrogen (secondary N) is 1. The molecule has 0 bridgehead atoms. The molecule has 1 amide bonds. The van der Waals surface area contributed by atoms with E-state index in [9.17, 15) is 18.4 Å². The maximum atomic E-state index is 14.1. The first-order chi connectivity index (χ1) is 13.9. The maximum Gasteiger partial charge on any atom is 0.356 e. The van der Waals surface area contributed by atoms with Gasteiger partial charge in [0.05, 0.1) is 18.3 Å². The number of rotatable bonds is 3. The number of hydrogen-bond donors (Lipinski definition) is 2. The van der Waals surface area contributed by atoms with Crippen molar-refractivity contribution in [1.82, 2.24) is 9.97 Å². The zero-order valence-corrected chi connectivity index (χ0v) is 15.1. The predicted molar refractivity (Wildman–Crippen MR) is 102 cm³/mol. The highest BCUT2D eigenvalue weighted by Gasteiger charge is 2.25. The summed E-state index contributed by atoms with van der Waals surface area (Å²) >= 11 is 0. The van der Waals surface area contributed by atoms with Crippen LogP contribution in [0, 0.1) is 11.6 Å². The summed E-state index contributed by atoms with van der Waals surface area (Å²) < 4.78 is 32.0. The lowest BCUT2D eigenvalue weighted by Gasteiger charge is -2.17. The van der Waals surface area contributed by atoms with Gasteiger partial charge in [0.15, 0.2) is 11.5 Å². The first-order valence-electron chi connectivity index (χ1n) is 8.44. The summed E-state index contributed by atoms with van der Waals surface area (Å²) in [7, 11) is 1.19. The number of anilines is 1. The second kappa shape index (κ2) is 6.95. The molecule has 4 rings (SSSR count). The average Bonchev–Trinajstić information content (AvgIpc) is 3.10. The standard InChI is InChI=1S/C20H14F2N4O3/c1-29-20(28)15-9-12-11-4-2-3-5-14(11)24-17(12)18(25-15)19(27)26(23)16-7-6-10(21)8-13(16)22/h2-9,24H,23H2,1H3. The Morgan fingerprint density at radius 3 is 2.59 bits per heavy atom. The lowest BCUT2D eigenvalue weighted by molar-refractivity contribution is 0.0594. The number of esters is 1. The van der Waals surface area contributed by atoms with Gasteiger partial charge < -0.3 is 9.72 Å². The Labute approximate surface area is 162 Å². The van der Waals surface area contributed by atoms with E-state index in [2.05, 4.69) is 9.97 Å². The summed E-state index contributed by atoms with van der Waals surface area (Å²) in [5.41, 5.74) is 0.371. The number of amides is 1. The fraction of sp³-hybridized carbons (Fsp3) is 0.0500. The molecule has 0 aliphatic carbocycles. The third kappa shape index (κ3) is 3.07. The molecular formula is C20H14F2N4O3. The maximum absolute atomic E-state index is 14.1. The average molecular weight is 396 g/mol. The number of methoxy groups -OCH3 is 1. The summed E-state index contributed by atoms with van der Waals surface area (Å²) in [6.45, 7) is 0. The van der Waals surface area contributed by atoms with Gasteiger partial charge in [-0.3, -0.25) is 4.79 Å². The summed E-state index contributed by atoms with van der Waals surface area (Å²) in [6, 6.07) is 11.3. The fourth-order valence-electron chi connectivity index (χ4n) is 3.11. The molecule has 2 heterocycles. The van der Waals surface area contributed by atoms with Crippen LogP contribution in [0.25, 0.3) is 21.8 Å². The first-order valence-corrected chi connectivity index (χ1v) is 8.44. The lowest BCUT2D eigenvalue weighted by Crippen LogP contribution is -2.39. The number of hydrogen-bond acceptors (Lipinski definition) is 5. The van der Waals surface area contributed by atoms with Gasteiger partial charge in [-0.25, -0.2) is 29.4 Å². The van der Waals surface area contributed by atoms with Gasteiger partial charge in [-0.15, -0.1) is 0 Å². The van der Waals surface area contributed by atoms with Crippen LogP contribution in [-0.4, -0.2) is 29.0 Å². The fourth-order valence-corrected chi connectivity index (χ4v) is 3.11. The second-order valence-electron chi connectivity index (χ2n) is 6.21. The van der Waals surface area contributed by atoms with Crippen molar-refractivity contribution in [2.75, 3.05) is 12.1 Å². The Morgan fingerprint density at radius 1 is 1.10 bits per heavy atom. The van der Waals surface area contributed by atoms with Crippen LogP contribution in [0.5, 0.6) is 0 Å². The Kier molecular flexibility index (Phi) is 4.44. The minimum absolute atomic E-state index is 0.110. The van der Waals surface area contributed by atoms with Gasteiger partial charge in [0.25, 0.3) is 5.91 Å². The number of halogens is 2. The van der Waals surface area contributed by atoms with Crippen molar-refractivity contribution in [2.45, 2.75) is 0 Å². The van der Waals surface area contributed by atoms with E-state index in [0.717, 1.165) is 17.5 Å². The molecule has 4 aromatic rings. The minimum atomic E-state index is -1.02. The minimum Gasteiger partial charge on any atom is -0.464 e. The molecule has 0 unspecified atom stereocenters. The summed E-state index contributed by atoms with van der Waals surface area (Å²) in [6.07, 6.45) is 0. The van der Waals surface area contributed by atoms with Crippen LogP contribution in [0.1, 0.15) is 21.0 Å². The number of para-hydroxylation sites is 1. The normalized spacial score (nSPS) is 11.0. The molecule has 29 heavy (non-hydrogen) atoms. The van der Waals surface area contributed by atoms with Crippen LogP contribution < -0.4 is 10.9 Å². The van der Waals surface area contributed by atoms with Crippen molar-refractivity contribution in [3.63, 3.8) is 0 Å². The number of nitrogens with two attached hydrogens (primary N) is 1. The van der Waals surface area contributed by atoms with Gasteiger partial charge in [0.1, 0.15) is 11.5 Å². The first kappa shape index (κ1) is 18.5. The molecule has 0 atom stereocenters. The molecule has 0 fully saturated rings. The van der Waals surface area contributed by atoms with Crippen LogP contribution in [-0.2, 0) is 4.74 Å². The van der Waals surface area contributed by atoms with E-state index in [0.29, 0.717) is 27.5 Å². The highest BCUT2D eigenvalue weighted by atomic mass is 19.1. The van der Waals surface area contributed by atoms with Crippen molar-refractivity contribution in [3.05, 3.63) is 71.6 Å². The number of ether oxygens (including phenoxy) is 1. The van der Waals surface area contributed by atoms with E-state index in [1.54, 1.807) is 18.2 Å². The zero-order chi connectivity index (χ0) is 20.7. The molecular weight excluding hydrogens is 382 g/mol. The summed E-state index contributed by atoms with van der Waals surface area (Å²) in [5.74, 6) is 2.35. The van der Waals surface area contributed by atoms with E-state index in [1.807, 2.05) is 6.07 Å². The number of hydrazine groups is 1. The van der Waals surface area contributed by atoms with Gasteiger partial charge in [0, 0.05) is 22.4 Å². The number of H-pyrrole nitrogens is 1. The van der Waals surface area contributed by atoms with E-state index in [1.165, 1.54) is 13.2 Å². The van der Waals surface area contributed by atoms with Gasteiger partial charge in [0.2, 0.25) is 0 Å². The number of carbonyl (C=O) groups excluding carboxylic acids is 2. The van der Waals surface area contributed by atoms with Crippen molar-refractivity contribution in [3.8, 4) is 0 Å². The van der Waals surface area contributed by atoms with Gasteiger partial charge in [-0.05, 0) is 24.3 Å². The molecule has 3 N–H and O–H groups in total. The van der Waals surface area contributed by atoms with Crippen molar-refractivity contribution >= 4 is 39.4 Å². The highest BCUT2D eigenvalue weighted by Crippen LogP contribution is 2.29. The molecule has 0 aliphatic rings. The summed E-state index contributed by atoms with van der Waals surface area (Å²) in [4.78, 5) is 32.3. The van der Waals surface area contributed by atoms with Crippen LogP contribution in [0.2, 0.25) is 0 Å². The number of benzene rings is 2. The third-order valence-electron chi connectivity index (χ3n) is 4.48. The monoisotopic (exact) mass is 396 g/mol. The molecule has 0 saturated carbocycles. The molecule has 9 heteroatoms. The van der Waals surface area contributed by atoms with E-state index in [-0.39, 0.29) is 17.1 Å². The topological polar surface area (TPSA) is 101 Å². The Balaban J connectivity index is 1.93. The molecule has 146 valence electrons. The molecule has 0 radical (unpaired) electrons. The van der Waals surface area contributed by atoms with E-state index >= 15 is 0 Å². The van der Waals surface area contributed by atoms with Gasteiger partial charge >= 0.3 is 5.97 Å². The van der Waals surface area contributed by atoms with Crippen LogP contribution in [0.3, 0.4) is 0 Å². The smallest absolute Gasteiger partial charge is 0.356 e. The zero-order valence-electron chi connectivity index (χ0n) is 15.1. The highest BCUT2D eigenvalue weighted by molar-refractivity contribution is 6.18. The molecule has 0 aliphatic heterocycles. The number of nitrogens with zero attached hydrogens (tertiary/aromatic N) is 2. The van der Waals surface area contributed by atoms with Gasteiger partial charge in [-0.2, -0.15) is 0 Å². The van der Waals surface area contributed by atoms with Crippen molar-refractivity contribution in [2.24, 2.45) is 5.84 Å². The summed E-state index contributed by atoms with van der Waals surface area (Å²) in [5, 5.41) is 1.82. The quantitative estimate of drug-likeness (QED) is 0.239.